The zero-order valence-corrected chi connectivity index (χ0v) is 12.8. The van der Waals surface area contributed by atoms with Crippen LogP contribution in [-0.4, -0.2) is 15.0 Å². The minimum absolute atomic E-state index is 0.960. The van der Waals surface area contributed by atoms with E-state index in [-0.39, 0.29) is 0 Å². The lowest BCUT2D eigenvalue weighted by molar-refractivity contribution is 1.29. The van der Waals surface area contributed by atoms with Crippen LogP contribution in [-0.2, 0) is 0 Å². The molecule has 106 valence electrons. The van der Waals surface area contributed by atoms with Gasteiger partial charge in [-0.15, -0.1) is 11.3 Å². The molecule has 0 aliphatic rings. The standard InChI is InChI=1S/C18H13N3S/c1-12-5-8-19-10-14(12)13-6-9-21-17-15(11-22-18(13)17)16-4-2-3-7-20-16/h2-11H,1H3. The van der Waals surface area contributed by atoms with E-state index in [1.54, 1.807) is 11.3 Å². The molecule has 0 spiro atoms. The number of aromatic nitrogens is 3. The largest absolute Gasteiger partial charge is 0.264 e. The predicted octanol–water partition coefficient (Wildman–Crippen LogP) is 4.73. The second-order valence-corrected chi connectivity index (χ2v) is 5.97. The Bertz CT molecular complexity index is 945. The third-order valence-electron chi connectivity index (χ3n) is 3.72. The summed E-state index contributed by atoms with van der Waals surface area (Å²) in [5, 5.41) is 2.13. The van der Waals surface area contributed by atoms with Crippen LogP contribution in [0.5, 0.6) is 0 Å². The minimum Gasteiger partial charge on any atom is -0.264 e. The minimum atomic E-state index is 0.960. The molecule has 0 bridgehead atoms. The lowest BCUT2D eigenvalue weighted by Crippen LogP contribution is -1.87. The highest BCUT2D eigenvalue weighted by molar-refractivity contribution is 7.18. The number of aryl methyl sites for hydroxylation is 1. The lowest BCUT2D eigenvalue weighted by Gasteiger charge is -2.06. The molecule has 4 aromatic heterocycles. The predicted molar refractivity (Wildman–Crippen MR) is 90.8 cm³/mol. The Morgan fingerprint density at radius 3 is 2.64 bits per heavy atom. The number of nitrogens with zero attached hydrogens (tertiary/aromatic N) is 3. The van der Waals surface area contributed by atoms with Crippen LogP contribution in [0.4, 0.5) is 0 Å². The van der Waals surface area contributed by atoms with Crippen LogP contribution in [0.3, 0.4) is 0 Å². The van der Waals surface area contributed by atoms with E-state index >= 15 is 0 Å². The first-order valence-corrected chi connectivity index (χ1v) is 7.91. The van der Waals surface area contributed by atoms with E-state index < -0.39 is 0 Å². The molecule has 0 aliphatic heterocycles. The molecule has 0 N–H and O–H groups in total. The van der Waals surface area contributed by atoms with Gasteiger partial charge in [0.2, 0.25) is 0 Å². The van der Waals surface area contributed by atoms with Crippen molar-refractivity contribution in [1.29, 1.82) is 0 Å². The fraction of sp³-hybridized carbons (Fsp3) is 0.0556. The van der Waals surface area contributed by atoms with Crippen molar-refractivity contribution in [1.82, 2.24) is 15.0 Å². The summed E-state index contributed by atoms with van der Waals surface area (Å²) < 4.78 is 1.18. The monoisotopic (exact) mass is 303 g/mol. The molecule has 4 rings (SSSR count). The summed E-state index contributed by atoms with van der Waals surface area (Å²) in [5.41, 5.74) is 6.61. The molecule has 4 heterocycles. The molecule has 0 aromatic carbocycles. The summed E-state index contributed by atoms with van der Waals surface area (Å²) in [7, 11) is 0. The van der Waals surface area contributed by atoms with E-state index in [4.69, 9.17) is 0 Å². The molecule has 3 nitrogen and oxygen atoms in total. The number of thiophene rings is 1. The second-order valence-electron chi connectivity index (χ2n) is 5.09. The van der Waals surface area contributed by atoms with Crippen LogP contribution in [0.2, 0.25) is 0 Å². The zero-order valence-electron chi connectivity index (χ0n) is 12.0. The summed E-state index contributed by atoms with van der Waals surface area (Å²) in [6, 6.07) is 10.0. The van der Waals surface area contributed by atoms with Crippen molar-refractivity contribution in [2.45, 2.75) is 6.92 Å². The fourth-order valence-electron chi connectivity index (χ4n) is 2.59. The zero-order chi connectivity index (χ0) is 14.9. The molecular formula is C18H13N3S. The lowest BCUT2D eigenvalue weighted by atomic mass is 10.0. The Morgan fingerprint density at radius 2 is 1.82 bits per heavy atom. The molecule has 0 saturated carbocycles. The smallest absolute Gasteiger partial charge is 0.0910 e. The second kappa shape index (κ2) is 5.31. The van der Waals surface area contributed by atoms with E-state index in [1.165, 1.54) is 15.8 Å². The van der Waals surface area contributed by atoms with Gasteiger partial charge in [-0.3, -0.25) is 15.0 Å². The van der Waals surface area contributed by atoms with Crippen LogP contribution >= 0.6 is 11.3 Å². The quantitative estimate of drug-likeness (QED) is 0.537. The Morgan fingerprint density at radius 1 is 0.864 bits per heavy atom. The molecule has 0 unspecified atom stereocenters. The summed E-state index contributed by atoms with van der Waals surface area (Å²) in [6.45, 7) is 2.11. The molecule has 22 heavy (non-hydrogen) atoms. The highest BCUT2D eigenvalue weighted by Crippen LogP contribution is 2.38. The maximum Gasteiger partial charge on any atom is 0.0910 e. The fourth-order valence-corrected chi connectivity index (χ4v) is 3.64. The van der Waals surface area contributed by atoms with E-state index in [0.29, 0.717) is 0 Å². The third-order valence-corrected chi connectivity index (χ3v) is 4.73. The molecule has 4 heteroatoms. The number of pyridine rings is 3. The Kier molecular flexibility index (Phi) is 3.16. The van der Waals surface area contributed by atoms with Crippen LogP contribution in [0.15, 0.2) is 60.5 Å². The molecule has 0 fully saturated rings. The van der Waals surface area contributed by atoms with Gasteiger partial charge >= 0.3 is 0 Å². The Labute approximate surface area is 132 Å². The first-order valence-electron chi connectivity index (χ1n) is 7.03. The molecule has 0 atom stereocenters. The van der Waals surface area contributed by atoms with Crippen molar-refractivity contribution in [2.24, 2.45) is 0 Å². The van der Waals surface area contributed by atoms with Crippen LogP contribution in [0.25, 0.3) is 32.6 Å². The topological polar surface area (TPSA) is 38.7 Å². The van der Waals surface area contributed by atoms with Crippen molar-refractivity contribution < 1.29 is 0 Å². The maximum atomic E-state index is 4.58. The van der Waals surface area contributed by atoms with Crippen LogP contribution in [0.1, 0.15) is 5.56 Å². The maximum absolute atomic E-state index is 4.58. The molecular weight excluding hydrogens is 290 g/mol. The Hall–Kier alpha value is -2.59. The number of rotatable bonds is 2. The van der Waals surface area contributed by atoms with Gasteiger partial charge < -0.3 is 0 Å². The van der Waals surface area contributed by atoms with Crippen molar-refractivity contribution in [2.75, 3.05) is 0 Å². The summed E-state index contributed by atoms with van der Waals surface area (Å²) in [5.74, 6) is 0. The highest BCUT2D eigenvalue weighted by atomic mass is 32.1. The van der Waals surface area contributed by atoms with Gasteiger partial charge in [0.05, 0.1) is 15.9 Å². The summed E-state index contributed by atoms with van der Waals surface area (Å²) in [6.07, 6.45) is 7.42. The van der Waals surface area contributed by atoms with Gasteiger partial charge in [-0.05, 0) is 36.8 Å². The normalized spacial score (nSPS) is 11.0. The molecule has 0 saturated heterocycles. The average molecular weight is 303 g/mol. The van der Waals surface area contributed by atoms with Gasteiger partial charge in [0, 0.05) is 46.9 Å². The van der Waals surface area contributed by atoms with Crippen molar-refractivity contribution in [3.05, 3.63) is 66.1 Å². The number of fused-ring (bicyclic) bond motifs is 1. The van der Waals surface area contributed by atoms with Crippen LogP contribution < -0.4 is 0 Å². The van der Waals surface area contributed by atoms with Gasteiger partial charge in [-0.25, -0.2) is 0 Å². The van der Waals surface area contributed by atoms with Crippen molar-refractivity contribution in [3.63, 3.8) is 0 Å². The van der Waals surface area contributed by atoms with Gasteiger partial charge in [0.15, 0.2) is 0 Å². The first kappa shape index (κ1) is 13.1. The van der Waals surface area contributed by atoms with E-state index in [1.807, 2.05) is 49.1 Å². The molecule has 0 amide bonds. The van der Waals surface area contributed by atoms with Crippen LogP contribution in [0, 0.1) is 6.92 Å². The van der Waals surface area contributed by atoms with Gasteiger partial charge in [-0.1, -0.05) is 6.07 Å². The van der Waals surface area contributed by atoms with Crippen molar-refractivity contribution in [3.8, 4) is 22.4 Å². The summed E-state index contributed by atoms with van der Waals surface area (Å²) >= 11 is 1.71. The average Bonchev–Trinajstić information content (AvgIpc) is 3.00. The van der Waals surface area contributed by atoms with E-state index in [2.05, 4.69) is 33.3 Å². The number of hydrogen-bond acceptors (Lipinski definition) is 4. The number of hydrogen-bond donors (Lipinski definition) is 0. The molecule has 4 aromatic rings. The molecule has 0 radical (unpaired) electrons. The highest BCUT2D eigenvalue weighted by Gasteiger charge is 2.13. The van der Waals surface area contributed by atoms with E-state index in [9.17, 15) is 0 Å². The van der Waals surface area contributed by atoms with Gasteiger partial charge in [0.25, 0.3) is 0 Å². The molecule has 0 aliphatic carbocycles. The first-order chi connectivity index (χ1) is 10.8. The SMILES string of the molecule is Cc1ccncc1-c1ccnc2c(-c3ccccn3)csc12. The van der Waals surface area contributed by atoms with Gasteiger partial charge in [-0.2, -0.15) is 0 Å². The Balaban J connectivity index is 1.97. The van der Waals surface area contributed by atoms with E-state index in [0.717, 1.165) is 22.3 Å². The third kappa shape index (κ3) is 2.09. The van der Waals surface area contributed by atoms with Crippen molar-refractivity contribution >= 4 is 21.6 Å². The summed E-state index contributed by atoms with van der Waals surface area (Å²) in [4.78, 5) is 13.3. The van der Waals surface area contributed by atoms with Gasteiger partial charge in [0.1, 0.15) is 0 Å².